The lowest BCUT2D eigenvalue weighted by Gasteiger charge is -2.30. The van der Waals surface area contributed by atoms with E-state index in [4.69, 9.17) is 17.2 Å². The molecule has 0 spiro atoms. The van der Waals surface area contributed by atoms with Gasteiger partial charge in [0.05, 0.1) is 12.1 Å². The number of hydrogen-bond donors (Lipinski definition) is 5. The molecule has 1 saturated heterocycles. The van der Waals surface area contributed by atoms with Gasteiger partial charge in [-0.15, -0.1) is 0 Å². The van der Waals surface area contributed by atoms with Crippen LogP contribution in [-0.4, -0.2) is 70.9 Å². The highest BCUT2D eigenvalue weighted by Gasteiger charge is 2.40. The Balaban J connectivity index is 2.17. The number of aliphatic carboxylic acids is 1. The fraction of sp³-hybridized carbons (Fsp3) is 0.545. The van der Waals surface area contributed by atoms with Crippen LogP contribution < -0.4 is 22.5 Å². The van der Waals surface area contributed by atoms with Gasteiger partial charge in [0.15, 0.2) is 11.7 Å². The van der Waals surface area contributed by atoms with Gasteiger partial charge in [0, 0.05) is 6.54 Å². The standard InChI is InChI=1S/C22H34N6O4/c1-22(25,20(31)32)11-10-15(27-21(23)24)18(29)17-9-6-12-28(17)19(30)16(26-2)13-14-7-4-3-5-8-14/h3-5,7-8,15-17,26H,6,9-13,25H2,1-2H3,(H,31,32)(H4,23,24,27)/t15?,16-,17-,22-/m0/s1. The number of carbonyl (C=O) groups is 3. The number of benzene rings is 1. The van der Waals surface area contributed by atoms with Crippen LogP contribution in [0.25, 0.3) is 0 Å². The Morgan fingerprint density at radius 3 is 2.50 bits per heavy atom. The number of nitrogens with two attached hydrogens (primary N) is 3. The summed E-state index contributed by atoms with van der Waals surface area (Å²) in [6.45, 7) is 1.83. The Morgan fingerprint density at radius 2 is 1.94 bits per heavy atom. The van der Waals surface area contributed by atoms with Crippen molar-refractivity contribution >= 4 is 23.6 Å². The zero-order valence-electron chi connectivity index (χ0n) is 18.7. The van der Waals surface area contributed by atoms with Crippen LogP contribution in [0.4, 0.5) is 0 Å². The summed E-state index contributed by atoms with van der Waals surface area (Å²) in [6, 6.07) is 7.52. The number of guanidine groups is 1. The van der Waals surface area contributed by atoms with E-state index in [1.165, 1.54) is 6.92 Å². The zero-order chi connectivity index (χ0) is 23.9. The highest BCUT2D eigenvalue weighted by molar-refractivity contribution is 5.95. The third-order valence-corrected chi connectivity index (χ3v) is 5.85. The van der Waals surface area contributed by atoms with E-state index in [-0.39, 0.29) is 30.5 Å². The second-order valence-corrected chi connectivity index (χ2v) is 8.45. The minimum atomic E-state index is -1.52. The normalized spacial score (nSPS) is 19.6. The predicted octanol–water partition coefficient (Wildman–Crippen LogP) is -0.399. The van der Waals surface area contributed by atoms with E-state index in [0.29, 0.717) is 25.8 Å². The molecule has 1 aliphatic rings. The summed E-state index contributed by atoms with van der Waals surface area (Å²) in [7, 11) is 1.72. The first kappa shape index (κ1) is 25.3. The summed E-state index contributed by atoms with van der Waals surface area (Å²) in [5, 5.41) is 12.3. The molecule has 176 valence electrons. The molecule has 1 aromatic carbocycles. The van der Waals surface area contributed by atoms with Gasteiger partial charge in [0.1, 0.15) is 11.6 Å². The first-order valence-corrected chi connectivity index (χ1v) is 10.7. The summed E-state index contributed by atoms with van der Waals surface area (Å²) >= 11 is 0. The van der Waals surface area contributed by atoms with E-state index in [0.717, 1.165) is 5.56 Å². The Bertz CT molecular complexity index is 838. The number of carboxylic acid groups (broad SMARTS) is 1. The monoisotopic (exact) mass is 446 g/mol. The first-order chi connectivity index (χ1) is 15.1. The Morgan fingerprint density at radius 1 is 1.28 bits per heavy atom. The molecule has 0 aliphatic carbocycles. The van der Waals surface area contributed by atoms with Crippen LogP contribution in [0.3, 0.4) is 0 Å². The molecular weight excluding hydrogens is 412 g/mol. The third kappa shape index (κ3) is 6.51. The number of rotatable bonds is 11. The van der Waals surface area contributed by atoms with E-state index in [2.05, 4.69) is 10.3 Å². The van der Waals surface area contributed by atoms with E-state index in [1.807, 2.05) is 30.3 Å². The molecule has 0 saturated carbocycles. The SMILES string of the molecule is CN[C@@H](Cc1ccccc1)C(=O)N1CCC[C@H]1C(=O)C(CC[C@](C)(N)C(=O)O)N=C(N)N. The van der Waals surface area contributed by atoms with Gasteiger partial charge in [-0.2, -0.15) is 0 Å². The van der Waals surface area contributed by atoms with Gasteiger partial charge < -0.3 is 32.5 Å². The van der Waals surface area contributed by atoms with Gasteiger partial charge in [0.2, 0.25) is 5.91 Å². The molecule has 0 radical (unpaired) electrons. The van der Waals surface area contributed by atoms with E-state index in [9.17, 15) is 19.5 Å². The molecule has 10 heteroatoms. The fourth-order valence-electron chi connectivity index (χ4n) is 3.91. The minimum absolute atomic E-state index is 0.00331. The van der Waals surface area contributed by atoms with E-state index >= 15 is 0 Å². The Labute approximate surface area is 188 Å². The Kier molecular flexibility index (Phi) is 8.73. The number of likely N-dealkylation sites (N-methyl/N-ethyl adjacent to an activating group) is 1. The quantitative estimate of drug-likeness (QED) is 0.225. The molecule has 1 aromatic rings. The lowest BCUT2D eigenvalue weighted by molar-refractivity contribution is -0.143. The van der Waals surface area contributed by atoms with Crippen molar-refractivity contribution in [3.63, 3.8) is 0 Å². The van der Waals surface area contributed by atoms with Gasteiger partial charge in [-0.05, 0) is 51.6 Å². The van der Waals surface area contributed by atoms with Crippen LogP contribution in [0.1, 0.15) is 38.2 Å². The zero-order valence-corrected chi connectivity index (χ0v) is 18.7. The molecule has 10 nitrogen and oxygen atoms in total. The van der Waals surface area contributed by atoms with Crippen molar-refractivity contribution in [1.29, 1.82) is 0 Å². The van der Waals surface area contributed by atoms with Gasteiger partial charge >= 0.3 is 5.97 Å². The lowest BCUT2D eigenvalue weighted by atomic mass is 9.91. The average Bonchev–Trinajstić information content (AvgIpc) is 3.24. The number of ketones is 1. The Hall–Kier alpha value is -2.98. The van der Waals surface area contributed by atoms with Crippen LogP contribution in [0.15, 0.2) is 35.3 Å². The second kappa shape index (κ2) is 11.1. The number of nitrogens with one attached hydrogen (secondary N) is 1. The molecule has 1 fully saturated rings. The van der Waals surface area contributed by atoms with Gasteiger partial charge in [-0.1, -0.05) is 30.3 Å². The average molecular weight is 447 g/mol. The molecular formula is C22H34N6O4. The maximum Gasteiger partial charge on any atom is 0.323 e. The topological polar surface area (TPSA) is 177 Å². The number of Topliss-reactive ketones (excluding diaryl/α,β-unsaturated/α-hetero) is 1. The summed E-state index contributed by atoms with van der Waals surface area (Å²) in [5.74, 6) is -1.92. The van der Waals surface area contributed by atoms with Crippen molar-refractivity contribution in [2.45, 2.75) is 62.7 Å². The van der Waals surface area contributed by atoms with E-state index < -0.39 is 29.6 Å². The molecule has 4 atom stereocenters. The molecule has 32 heavy (non-hydrogen) atoms. The number of aliphatic imine (C=N–C) groups is 1. The number of hydrogen-bond acceptors (Lipinski definition) is 6. The molecule has 0 bridgehead atoms. The van der Waals surface area contributed by atoms with Crippen molar-refractivity contribution in [3.05, 3.63) is 35.9 Å². The molecule has 1 heterocycles. The summed E-state index contributed by atoms with van der Waals surface area (Å²) in [5.41, 5.74) is 16.3. The minimum Gasteiger partial charge on any atom is -0.480 e. The van der Waals surface area contributed by atoms with Crippen LogP contribution in [-0.2, 0) is 20.8 Å². The van der Waals surface area contributed by atoms with Crippen molar-refractivity contribution < 1.29 is 19.5 Å². The van der Waals surface area contributed by atoms with E-state index in [1.54, 1.807) is 11.9 Å². The van der Waals surface area contributed by atoms with Crippen LogP contribution in [0.2, 0.25) is 0 Å². The van der Waals surface area contributed by atoms with Crippen molar-refractivity contribution in [3.8, 4) is 0 Å². The van der Waals surface area contributed by atoms with Crippen molar-refractivity contribution in [2.75, 3.05) is 13.6 Å². The van der Waals surface area contributed by atoms with Gasteiger partial charge in [-0.25, -0.2) is 4.99 Å². The van der Waals surface area contributed by atoms with Crippen molar-refractivity contribution in [1.82, 2.24) is 10.2 Å². The van der Waals surface area contributed by atoms with Crippen molar-refractivity contribution in [2.24, 2.45) is 22.2 Å². The number of likely N-dealkylation sites (tertiary alicyclic amines) is 1. The van der Waals surface area contributed by atoms with Crippen LogP contribution in [0, 0.1) is 0 Å². The summed E-state index contributed by atoms with van der Waals surface area (Å²) in [4.78, 5) is 43.5. The number of amides is 1. The lowest BCUT2D eigenvalue weighted by Crippen LogP contribution is -2.52. The predicted molar refractivity (Wildman–Crippen MR) is 122 cm³/mol. The molecule has 1 amide bonds. The van der Waals surface area contributed by atoms with Gasteiger partial charge in [-0.3, -0.25) is 14.4 Å². The summed E-state index contributed by atoms with van der Waals surface area (Å²) in [6.07, 6.45) is 1.75. The number of carboxylic acids is 1. The van der Waals surface area contributed by atoms with Crippen LogP contribution >= 0.6 is 0 Å². The van der Waals surface area contributed by atoms with Gasteiger partial charge in [0.25, 0.3) is 0 Å². The fourth-order valence-corrected chi connectivity index (χ4v) is 3.91. The smallest absolute Gasteiger partial charge is 0.323 e. The highest BCUT2D eigenvalue weighted by atomic mass is 16.4. The number of carbonyl (C=O) groups excluding carboxylic acids is 2. The van der Waals surface area contributed by atoms with Crippen LogP contribution in [0.5, 0.6) is 0 Å². The largest absolute Gasteiger partial charge is 0.480 e. The summed E-state index contributed by atoms with van der Waals surface area (Å²) < 4.78 is 0. The molecule has 0 aromatic heterocycles. The molecule has 1 unspecified atom stereocenters. The maximum absolute atomic E-state index is 13.3. The second-order valence-electron chi connectivity index (χ2n) is 8.45. The molecule has 2 rings (SSSR count). The molecule has 8 N–H and O–H groups in total. The third-order valence-electron chi connectivity index (χ3n) is 5.85. The highest BCUT2D eigenvalue weighted by Crippen LogP contribution is 2.24. The first-order valence-electron chi connectivity index (χ1n) is 10.7. The molecule has 1 aliphatic heterocycles. The maximum atomic E-state index is 13.3. The number of nitrogens with zero attached hydrogens (tertiary/aromatic N) is 2.